The SMILES string of the molecule is CCOC(=O)[C@@H]1CCCN(C(=O)c2cccc(CSc3nc(C)c(C)c(N(C)CCc4ccc(OC)c(OC)c4)n3)c2)C1. The van der Waals surface area contributed by atoms with Gasteiger partial charge >= 0.3 is 5.97 Å². The minimum atomic E-state index is -0.260. The molecule has 0 N–H and O–H groups in total. The number of hydrogen-bond acceptors (Lipinski definition) is 9. The molecule has 2 heterocycles. The van der Waals surface area contributed by atoms with E-state index in [0.29, 0.717) is 41.9 Å². The lowest BCUT2D eigenvalue weighted by Crippen LogP contribution is -2.42. The Labute approximate surface area is 258 Å². The molecule has 43 heavy (non-hydrogen) atoms. The predicted octanol–water partition coefficient (Wildman–Crippen LogP) is 5.50. The van der Waals surface area contributed by atoms with Crippen LogP contribution in [-0.2, 0) is 21.7 Å². The summed E-state index contributed by atoms with van der Waals surface area (Å²) in [6.45, 7) is 8.03. The Bertz CT molecular complexity index is 1430. The molecule has 1 aliphatic rings. The number of hydrogen-bond donors (Lipinski definition) is 0. The van der Waals surface area contributed by atoms with Gasteiger partial charge in [-0.25, -0.2) is 9.97 Å². The van der Waals surface area contributed by atoms with Crippen LogP contribution in [0.1, 0.15) is 52.5 Å². The van der Waals surface area contributed by atoms with Gasteiger partial charge in [0.05, 0.1) is 26.7 Å². The summed E-state index contributed by atoms with van der Waals surface area (Å²) in [5, 5.41) is 0.695. The van der Waals surface area contributed by atoms with Crippen molar-refractivity contribution in [2.45, 2.75) is 50.9 Å². The van der Waals surface area contributed by atoms with Crippen molar-refractivity contribution in [3.8, 4) is 11.5 Å². The highest BCUT2D eigenvalue weighted by Gasteiger charge is 2.30. The number of carbonyl (C=O) groups excluding carboxylic acids is 2. The van der Waals surface area contributed by atoms with Crippen LogP contribution >= 0.6 is 11.8 Å². The molecular weight excluding hydrogens is 564 g/mol. The molecule has 1 aromatic heterocycles. The van der Waals surface area contributed by atoms with E-state index >= 15 is 0 Å². The summed E-state index contributed by atoms with van der Waals surface area (Å²) in [4.78, 5) is 39.1. The van der Waals surface area contributed by atoms with Crippen LogP contribution in [0.2, 0.25) is 0 Å². The third-order valence-electron chi connectivity index (χ3n) is 7.76. The van der Waals surface area contributed by atoms with Crippen molar-refractivity contribution in [1.29, 1.82) is 0 Å². The monoisotopic (exact) mass is 606 g/mol. The minimum Gasteiger partial charge on any atom is -0.493 e. The topological polar surface area (TPSA) is 94.1 Å². The van der Waals surface area contributed by atoms with Gasteiger partial charge in [-0.15, -0.1) is 0 Å². The van der Waals surface area contributed by atoms with Gasteiger partial charge < -0.3 is 24.0 Å². The minimum absolute atomic E-state index is 0.0540. The number of benzene rings is 2. The number of nitrogens with zero attached hydrogens (tertiary/aromatic N) is 4. The first-order chi connectivity index (χ1) is 20.7. The van der Waals surface area contributed by atoms with Crippen LogP contribution in [0.4, 0.5) is 5.82 Å². The Morgan fingerprint density at radius 2 is 1.84 bits per heavy atom. The number of likely N-dealkylation sites (tertiary alicyclic amines) is 1. The third-order valence-corrected chi connectivity index (χ3v) is 8.68. The van der Waals surface area contributed by atoms with Crippen molar-refractivity contribution >= 4 is 29.5 Å². The average molecular weight is 607 g/mol. The summed E-state index contributed by atoms with van der Waals surface area (Å²) in [6.07, 6.45) is 2.36. The van der Waals surface area contributed by atoms with Crippen LogP contribution in [0.3, 0.4) is 0 Å². The highest BCUT2D eigenvalue weighted by atomic mass is 32.2. The third kappa shape index (κ3) is 8.19. The molecule has 0 bridgehead atoms. The zero-order valence-electron chi connectivity index (χ0n) is 26.0. The van der Waals surface area contributed by atoms with E-state index in [9.17, 15) is 9.59 Å². The molecule has 0 aliphatic carbocycles. The van der Waals surface area contributed by atoms with E-state index in [0.717, 1.165) is 59.8 Å². The molecule has 1 fully saturated rings. The molecule has 1 aliphatic heterocycles. The standard InChI is InChI=1S/C33H42N4O5S/c1-7-42-32(39)27-12-9-16-37(20-27)31(38)26-11-8-10-25(18-26)21-43-33-34-23(3)22(2)30(35-33)36(4)17-15-24-13-14-28(40-5)29(19-24)41-6/h8,10-11,13-14,18-19,27H,7,9,12,15-17,20-21H2,1-6H3/t27-/m1/s1. The number of thioether (sulfide) groups is 1. The van der Waals surface area contributed by atoms with Crippen molar-refractivity contribution in [3.63, 3.8) is 0 Å². The van der Waals surface area contributed by atoms with E-state index in [4.69, 9.17) is 24.2 Å². The van der Waals surface area contributed by atoms with E-state index < -0.39 is 0 Å². The number of esters is 1. The van der Waals surface area contributed by atoms with Crippen LogP contribution in [-0.4, -0.2) is 74.3 Å². The molecule has 0 saturated carbocycles. The van der Waals surface area contributed by atoms with E-state index in [1.54, 1.807) is 37.8 Å². The molecule has 2 aromatic carbocycles. The first-order valence-electron chi connectivity index (χ1n) is 14.7. The highest BCUT2D eigenvalue weighted by Crippen LogP contribution is 2.29. The summed E-state index contributed by atoms with van der Waals surface area (Å²) >= 11 is 1.55. The number of aryl methyl sites for hydroxylation is 1. The molecule has 1 saturated heterocycles. The summed E-state index contributed by atoms with van der Waals surface area (Å²) in [5.74, 6) is 2.44. The maximum absolute atomic E-state index is 13.3. The van der Waals surface area contributed by atoms with Crippen molar-refractivity contribution in [2.75, 3.05) is 52.4 Å². The van der Waals surface area contributed by atoms with Gasteiger partial charge in [0, 0.05) is 49.3 Å². The number of amides is 1. The first-order valence-corrected chi connectivity index (χ1v) is 15.7. The number of aromatic nitrogens is 2. The van der Waals surface area contributed by atoms with Gasteiger partial charge in [0.2, 0.25) is 0 Å². The molecule has 1 amide bonds. The van der Waals surface area contributed by atoms with E-state index in [-0.39, 0.29) is 17.8 Å². The predicted molar refractivity (Wildman–Crippen MR) is 169 cm³/mol. The molecule has 1 atom stereocenters. The number of piperidine rings is 1. The molecule has 230 valence electrons. The Kier molecular flexibility index (Phi) is 11.3. The van der Waals surface area contributed by atoms with Crippen LogP contribution in [0.5, 0.6) is 11.5 Å². The van der Waals surface area contributed by atoms with Crippen molar-refractivity contribution in [3.05, 3.63) is 70.4 Å². The van der Waals surface area contributed by atoms with Crippen molar-refractivity contribution < 1.29 is 23.8 Å². The Balaban J connectivity index is 1.40. The maximum atomic E-state index is 13.3. The average Bonchev–Trinajstić information content (AvgIpc) is 3.03. The number of methoxy groups -OCH3 is 2. The second-order valence-electron chi connectivity index (χ2n) is 10.7. The molecule has 10 heteroatoms. The van der Waals surface area contributed by atoms with E-state index in [1.165, 1.54) is 0 Å². The quantitative estimate of drug-likeness (QED) is 0.151. The van der Waals surface area contributed by atoms with Gasteiger partial charge in [0.25, 0.3) is 5.91 Å². The van der Waals surface area contributed by atoms with Gasteiger partial charge in [-0.05, 0) is 75.4 Å². The van der Waals surface area contributed by atoms with Crippen molar-refractivity contribution in [1.82, 2.24) is 14.9 Å². The molecule has 9 nitrogen and oxygen atoms in total. The van der Waals surface area contributed by atoms with Crippen LogP contribution < -0.4 is 14.4 Å². The normalized spacial score (nSPS) is 14.7. The Morgan fingerprint density at radius 3 is 2.58 bits per heavy atom. The number of carbonyl (C=O) groups is 2. The fourth-order valence-corrected chi connectivity index (χ4v) is 6.03. The van der Waals surface area contributed by atoms with Gasteiger partial charge in [-0.3, -0.25) is 9.59 Å². The summed E-state index contributed by atoms with van der Waals surface area (Å²) in [5.41, 5.74) is 4.78. The number of ether oxygens (including phenoxy) is 3. The Morgan fingerprint density at radius 1 is 1.05 bits per heavy atom. The van der Waals surface area contributed by atoms with Crippen LogP contribution in [0.25, 0.3) is 0 Å². The lowest BCUT2D eigenvalue weighted by Gasteiger charge is -2.31. The lowest BCUT2D eigenvalue weighted by atomic mass is 9.97. The Hall–Kier alpha value is -3.79. The summed E-state index contributed by atoms with van der Waals surface area (Å²) in [7, 11) is 5.33. The van der Waals surface area contributed by atoms with Crippen LogP contribution in [0, 0.1) is 19.8 Å². The van der Waals surface area contributed by atoms with Gasteiger partial charge in [0.1, 0.15) is 5.82 Å². The van der Waals surface area contributed by atoms with Gasteiger partial charge in [0.15, 0.2) is 16.7 Å². The van der Waals surface area contributed by atoms with Gasteiger partial charge in [-0.2, -0.15) is 0 Å². The number of likely N-dealkylation sites (N-methyl/N-ethyl adjacent to an activating group) is 1. The van der Waals surface area contributed by atoms with Crippen LogP contribution in [0.15, 0.2) is 47.6 Å². The first kappa shape index (κ1) is 32.1. The van der Waals surface area contributed by atoms with Gasteiger partial charge in [-0.1, -0.05) is 30.0 Å². The summed E-state index contributed by atoms with van der Waals surface area (Å²) in [6, 6.07) is 13.7. The van der Waals surface area contributed by atoms with Crippen molar-refractivity contribution in [2.24, 2.45) is 5.92 Å². The summed E-state index contributed by atoms with van der Waals surface area (Å²) < 4.78 is 16.0. The second-order valence-corrected chi connectivity index (χ2v) is 11.7. The molecule has 4 rings (SSSR count). The van der Waals surface area contributed by atoms with E-state index in [1.807, 2.05) is 57.3 Å². The fraction of sp³-hybridized carbons (Fsp3) is 0.455. The molecule has 0 unspecified atom stereocenters. The molecular formula is C33H42N4O5S. The maximum Gasteiger partial charge on any atom is 0.310 e. The smallest absolute Gasteiger partial charge is 0.310 e. The number of rotatable bonds is 12. The lowest BCUT2D eigenvalue weighted by molar-refractivity contribution is -0.149. The molecule has 0 spiro atoms. The zero-order chi connectivity index (χ0) is 30.9. The van der Waals surface area contributed by atoms with E-state index in [2.05, 4.69) is 11.0 Å². The fourth-order valence-electron chi connectivity index (χ4n) is 5.20. The highest BCUT2D eigenvalue weighted by molar-refractivity contribution is 7.98. The number of anilines is 1. The largest absolute Gasteiger partial charge is 0.493 e. The second kappa shape index (κ2) is 15.1. The zero-order valence-corrected chi connectivity index (χ0v) is 26.8. The molecule has 0 radical (unpaired) electrons. The molecule has 3 aromatic rings.